The molecule has 2 aliphatic carbocycles. The Kier molecular flexibility index (Phi) is 3.19. The summed E-state index contributed by atoms with van der Waals surface area (Å²) in [5, 5.41) is 10.9. The van der Waals surface area contributed by atoms with Crippen LogP contribution in [0.3, 0.4) is 0 Å². The molecule has 1 aromatic carbocycles. The molecule has 0 spiro atoms. The first-order chi connectivity index (χ1) is 8.73. The molecule has 0 heterocycles. The van der Waals surface area contributed by atoms with Gasteiger partial charge in [-0.15, -0.1) is 0 Å². The Balaban J connectivity index is 1.93. The largest absolute Gasteiger partial charge is 0.388 e. The van der Waals surface area contributed by atoms with E-state index in [4.69, 9.17) is 0 Å². The lowest BCUT2D eigenvalue weighted by molar-refractivity contribution is -0.102. The van der Waals surface area contributed by atoms with Crippen LogP contribution in [0.5, 0.6) is 0 Å². The highest BCUT2D eigenvalue weighted by molar-refractivity contribution is 5.21. The summed E-state index contributed by atoms with van der Waals surface area (Å²) in [7, 11) is 0. The number of benzene rings is 1. The topological polar surface area (TPSA) is 20.2 Å². The van der Waals surface area contributed by atoms with Gasteiger partial charge in [-0.1, -0.05) is 50.1 Å². The standard InChI is InChI=1S/C17H24O/c1-17(16(18)13-7-3-2-4-8-13)14-9-5-10-15(17)12-6-11-14/h2-4,7-8,14-16,18H,5-6,9-12H2,1H3. The average Bonchev–Trinajstić information content (AvgIpc) is 2.38. The zero-order valence-electron chi connectivity index (χ0n) is 11.3. The number of aliphatic hydroxyl groups is 1. The van der Waals surface area contributed by atoms with Crippen molar-refractivity contribution in [3.63, 3.8) is 0 Å². The van der Waals surface area contributed by atoms with Gasteiger partial charge in [-0.05, 0) is 43.1 Å². The molecule has 0 radical (unpaired) electrons. The molecule has 1 unspecified atom stereocenters. The summed E-state index contributed by atoms with van der Waals surface area (Å²) in [6.45, 7) is 2.35. The lowest BCUT2D eigenvalue weighted by atomic mass is 9.52. The van der Waals surface area contributed by atoms with Crippen molar-refractivity contribution in [1.82, 2.24) is 0 Å². The van der Waals surface area contributed by atoms with Gasteiger partial charge >= 0.3 is 0 Å². The highest BCUT2D eigenvalue weighted by Gasteiger charge is 2.50. The van der Waals surface area contributed by atoms with E-state index < -0.39 is 0 Å². The Morgan fingerprint density at radius 1 is 1.00 bits per heavy atom. The van der Waals surface area contributed by atoms with E-state index in [0.717, 1.165) is 17.4 Å². The molecule has 0 aromatic heterocycles. The second kappa shape index (κ2) is 4.70. The molecule has 1 N–H and O–H groups in total. The highest BCUT2D eigenvalue weighted by atomic mass is 16.3. The van der Waals surface area contributed by atoms with Gasteiger partial charge in [0.05, 0.1) is 6.10 Å². The van der Waals surface area contributed by atoms with Crippen LogP contribution in [0, 0.1) is 17.3 Å². The minimum Gasteiger partial charge on any atom is -0.388 e. The summed E-state index contributed by atoms with van der Waals surface area (Å²) < 4.78 is 0. The molecule has 98 valence electrons. The normalized spacial score (nSPS) is 37.2. The van der Waals surface area contributed by atoms with Gasteiger partial charge in [0.1, 0.15) is 0 Å². The highest BCUT2D eigenvalue weighted by Crippen LogP contribution is 2.58. The van der Waals surface area contributed by atoms with Crippen molar-refractivity contribution >= 4 is 0 Å². The molecule has 0 saturated heterocycles. The monoisotopic (exact) mass is 244 g/mol. The number of hydrogen-bond acceptors (Lipinski definition) is 1. The molecule has 2 bridgehead atoms. The molecule has 1 heteroatoms. The molecular weight excluding hydrogens is 220 g/mol. The summed E-state index contributed by atoms with van der Waals surface area (Å²) in [5.41, 5.74) is 1.22. The first-order valence-corrected chi connectivity index (χ1v) is 7.46. The molecule has 1 nitrogen and oxygen atoms in total. The summed E-state index contributed by atoms with van der Waals surface area (Å²) in [6.07, 6.45) is 7.72. The van der Waals surface area contributed by atoms with Gasteiger partial charge in [-0.2, -0.15) is 0 Å². The molecule has 1 aromatic rings. The summed E-state index contributed by atoms with van der Waals surface area (Å²) in [4.78, 5) is 0. The Labute approximate surface area is 110 Å². The Hall–Kier alpha value is -0.820. The van der Waals surface area contributed by atoms with Crippen molar-refractivity contribution in [3.8, 4) is 0 Å². The van der Waals surface area contributed by atoms with E-state index in [9.17, 15) is 5.11 Å². The Morgan fingerprint density at radius 3 is 2.00 bits per heavy atom. The van der Waals surface area contributed by atoms with E-state index >= 15 is 0 Å². The zero-order valence-corrected chi connectivity index (χ0v) is 11.3. The number of rotatable bonds is 2. The van der Waals surface area contributed by atoms with Crippen LogP contribution < -0.4 is 0 Å². The van der Waals surface area contributed by atoms with Crippen LogP contribution in [0.25, 0.3) is 0 Å². The number of hydrogen-bond donors (Lipinski definition) is 1. The quantitative estimate of drug-likeness (QED) is 0.821. The van der Waals surface area contributed by atoms with E-state index in [1.54, 1.807) is 0 Å². The van der Waals surface area contributed by atoms with Gasteiger partial charge in [0.2, 0.25) is 0 Å². The first-order valence-electron chi connectivity index (χ1n) is 7.46. The van der Waals surface area contributed by atoms with Crippen molar-refractivity contribution in [2.45, 2.75) is 51.6 Å². The van der Waals surface area contributed by atoms with Crippen molar-refractivity contribution in [3.05, 3.63) is 35.9 Å². The van der Waals surface area contributed by atoms with Crippen LogP contribution in [0.2, 0.25) is 0 Å². The molecule has 0 amide bonds. The Morgan fingerprint density at radius 2 is 1.50 bits per heavy atom. The van der Waals surface area contributed by atoms with Gasteiger partial charge in [0.25, 0.3) is 0 Å². The third-order valence-electron chi connectivity index (χ3n) is 5.67. The SMILES string of the molecule is CC1(C(O)c2ccccc2)C2CCCC1CCC2. The van der Waals surface area contributed by atoms with Gasteiger partial charge in [0.15, 0.2) is 0 Å². The molecule has 1 atom stereocenters. The van der Waals surface area contributed by atoms with Gasteiger partial charge in [0, 0.05) is 5.41 Å². The molecule has 18 heavy (non-hydrogen) atoms. The molecule has 2 fully saturated rings. The summed E-state index contributed by atoms with van der Waals surface area (Å²) in [5.74, 6) is 1.44. The third kappa shape index (κ3) is 1.80. The minimum atomic E-state index is -0.283. The zero-order chi connectivity index (χ0) is 12.6. The smallest absolute Gasteiger partial charge is 0.0848 e. The van der Waals surface area contributed by atoms with Crippen molar-refractivity contribution in [2.24, 2.45) is 17.3 Å². The van der Waals surface area contributed by atoms with Crippen molar-refractivity contribution in [2.75, 3.05) is 0 Å². The van der Waals surface area contributed by atoms with Crippen molar-refractivity contribution in [1.29, 1.82) is 0 Å². The Bertz CT molecular complexity index is 375. The van der Waals surface area contributed by atoms with Crippen molar-refractivity contribution < 1.29 is 5.11 Å². The second-order valence-corrected chi connectivity index (χ2v) is 6.43. The van der Waals surface area contributed by atoms with Crippen LogP contribution in [0.4, 0.5) is 0 Å². The third-order valence-corrected chi connectivity index (χ3v) is 5.67. The number of fused-ring (bicyclic) bond motifs is 2. The van der Waals surface area contributed by atoms with Crippen LogP contribution in [0.15, 0.2) is 30.3 Å². The number of aliphatic hydroxyl groups excluding tert-OH is 1. The average molecular weight is 244 g/mol. The maximum atomic E-state index is 10.9. The van der Waals surface area contributed by atoms with Crippen LogP contribution in [-0.2, 0) is 0 Å². The second-order valence-electron chi connectivity index (χ2n) is 6.43. The van der Waals surface area contributed by atoms with Gasteiger partial charge in [-0.25, -0.2) is 0 Å². The van der Waals surface area contributed by atoms with E-state index in [0.29, 0.717) is 0 Å². The van der Waals surface area contributed by atoms with Crippen LogP contribution >= 0.6 is 0 Å². The summed E-state index contributed by atoms with van der Waals surface area (Å²) in [6, 6.07) is 10.3. The molecule has 3 rings (SSSR count). The lowest BCUT2D eigenvalue weighted by Crippen LogP contribution is -2.46. The maximum absolute atomic E-state index is 10.9. The van der Waals surface area contributed by atoms with E-state index in [1.165, 1.54) is 38.5 Å². The van der Waals surface area contributed by atoms with Gasteiger partial charge in [-0.3, -0.25) is 0 Å². The fourth-order valence-corrected chi connectivity index (χ4v) is 4.53. The summed E-state index contributed by atoms with van der Waals surface area (Å²) >= 11 is 0. The van der Waals surface area contributed by atoms with E-state index in [-0.39, 0.29) is 11.5 Å². The van der Waals surface area contributed by atoms with Crippen LogP contribution in [-0.4, -0.2) is 5.11 Å². The van der Waals surface area contributed by atoms with E-state index in [1.807, 2.05) is 18.2 Å². The maximum Gasteiger partial charge on any atom is 0.0848 e. The fourth-order valence-electron chi connectivity index (χ4n) is 4.53. The van der Waals surface area contributed by atoms with E-state index in [2.05, 4.69) is 19.1 Å². The molecule has 2 aliphatic rings. The predicted octanol–water partition coefficient (Wildman–Crippen LogP) is 4.33. The van der Waals surface area contributed by atoms with Gasteiger partial charge < -0.3 is 5.11 Å². The fraction of sp³-hybridized carbons (Fsp3) is 0.647. The van der Waals surface area contributed by atoms with Crippen LogP contribution in [0.1, 0.15) is 57.1 Å². The lowest BCUT2D eigenvalue weighted by Gasteiger charge is -2.53. The minimum absolute atomic E-state index is 0.109. The predicted molar refractivity (Wildman–Crippen MR) is 74.2 cm³/mol. The molecular formula is C17H24O. The molecule has 0 aliphatic heterocycles. The first kappa shape index (κ1) is 12.2. The molecule has 2 saturated carbocycles.